The van der Waals surface area contributed by atoms with E-state index in [1.54, 1.807) is 0 Å². The number of aryl methyl sites for hydroxylation is 1. The third kappa shape index (κ3) is 4.30. The zero-order chi connectivity index (χ0) is 15.5. The standard InChI is InChI=1S/C16H28N4O/c1-11(2)21-14-9-13(4)18-15(19-14)20-16(10-17)7-5-12(3)6-8-16/h9,11-12H,5-8,10,17H2,1-4H3,(H,18,19,20). The number of nitrogens with two attached hydrogens (primary N) is 1. The van der Waals surface area contributed by atoms with E-state index in [0.29, 0.717) is 18.4 Å². The van der Waals surface area contributed by atoms with Gasteiger partial charge in [-0.25, -0.2) is 4.98 Å². The lowest BCUT2D eigenvalue weighted by atomic mass is 9.77. The van der Waals surface area contributed by atoms with Crippen molar-refractivity contribution in [3.8, 4) is 5.88 Å². The van der Waals surface area contributed by atoms with Gasteiger partial charge in [-0.2, -0.15) is 4.98 Å². The first kappa shape index (κ1) is 16.0. The molecule has 1 aliphatic rings. The molecule has 0 spiro atoms. The van der Waals surface area contributed by atoms with Crippen LogP contribution in [0.4, 0.5) is 5.95 Å². The van der Waals surface area contributed by atoms with Gasteiger partial charge < -0.3 is 15.8 Å². The Morgan fingerprint density at radius 1 is 1.38 bits per heavy atom. The number of ether oxygens (including phenoxy) is 1. The number of nitrogens with one attached hydrogen (secondary N) is 1. The highest BCUT2D eigenvalue weighted by molar-refractivity contribution is 5.34. The predicted molar refractivity (Wildman–Crippen MR) is 85.6 cm³/mol. The summed E-state index contributed by atoms with van der Waals surface area (Å²) in [7, 11) is 0. The van der Waals surface area contributed by atoms with Crippen LogP contribution in [0, 0.1) is 12.8 Å². The van der Waals surface area contributed by atoms with Gasteiger partial charge in [-0.05, 0) is 52.4 Å². The Labute approximate surface area is 127 Å². The van der Waals surface area contributed by atoms with Crippen molar-refractivity contribution < 1.29 is 4.74 Å². The maximum atomic E-state index is 6.04. The minimum atomic E-state index is -0.0740. The fourth-order valence-electron chi connectivity index (χ4n) is 2.83. The maximum Gasteiger partial charge on any atom is 0.226 e. The zero-order valence-electron chi connectivity index (χ0n) is 13.6. The highest BCUT2D eigenvalue weighted by atomic mass is 16.5. The van der Waals surface area contributed by atoms with Gasteiger partial charge in [-0.15, -0.1) is 0 Å². The smallest absolute Gasteiger partial charge is 0.226 e. The van der Waals surface area contributed by atoms with E-state index in [1.807, 2.05) is 26.8 Å². The molecule has 0 aromatic carbocycles. The van der Waals surface area contributed by atoms with E-state index in [-0.39, 0.29) is 11.6 Å². The van der Waals surface area contributed by atoms with Crippen LogP contribution in [-0.2, 0) is 0 Å². The summed E-state index contributed by atoms with van der Waals surface area (Å²) in [5.41, 5.74) is 6.87. The van der Waals surface area contributed by atoms with Crippen LogP contribution >= 0.6 is 0 Å². The molecule has 1 heterocycles. The molecule has 2 rings (SSSR count). The molecule has 5 nitrogen and oxygen atoms in total. The molecule has 0 atom stereocenters. The molecule has 1 aliphatic carbocycles. The molecule has 0 bridgehead atoms. The molecule has 21 heavy (non-hydrogen) atoms. The van der Waals surface area contributed by atoms with E-state index < -0.39 is 0 Å². The van der Waals surface area contributed by atoms with E-state index in [2.05, 4.69) is 22.2 Å². The lowest BCUT2D eigenvalue weighted by Crippen LogP contribution is -2.48. The number of hydrogen-bond donors (Lipinski definition) is 2. The van der Waals surface area contributed by atoms with Crippen molar-refractivity contribution in [2.24, 2.45) is 11.7 Å². The summed E-state index contributed by atoms with van der Waals surface area (Å²) in [6, 6.07) is 1.86. The van der Waals surface area contributed by atoms with Crippen molar-refractivity contribution in [3.05, 3.63) is 11.8 Å². The van der Waals surface area contributed by atoms with E-state index in [9.17, 15) is 0 Å². The molecule has 0 aliphatic heterocycles. The topological polar surface area (TPSA) is 73.1 Å². The van der Waals surface area contributed by atoms with Crippen LogP contribution in [0.3, 0.4) is 0 Å². The van der Waals surface area contributed by atoms with Gasteiger partial charge >= 0.3 is 0 Å². The molecule has 0 radical (unpaired) electrons. The van der Waals surface area contributed by atoms with E-state index in [4.69, 9.17) is 10.5 Å². The maximum absolute atomic E-state index is 6.04. The van der Waals surface area contributed by atoms with Gasteiger partial charge in [-0.1, -0.05) is 6.92 Å². The Bertz CT molecular complexity index is 467. The molecule has 118 valence electrons. The van der Waals surface area contributed by atoms with Crippen LogP contribution in [0.15, 0.2) is 6.07 Å². The molecular weight excluding hydrogens is 264 g/mol. The second kappa shape index (κ2) is 6.60. The van der Waals surface area contributed by atoms with Crippen LogP contribution in [-0.4, -0.2) is 28.2 Å². The van der Waals surface area contributed by atoms with E-state index in [1.165, 1.54) is 12.8 Å². The summed E-state index contributed by atoms with van der Waals surface area (Å²) in [6.45, 7) is 8.86. The summed E-state index contributed by atoms with van der Waals surface area (Å²) in [6.07, 6.45) is 4.65. The van der Waals surface area contributed by atoms with Crippen molar-refractivity contribution in [1.82, 2.24) is 9.97 Å². The average Bonchev–Trinajstić information content (AvgIpc) is 2.40. The van der Waals surface area contributed by atoms with Gasteiger partial charge in [-0.3, -0.25) is 0 Å². The van der Waals surface area contributed by atoms with Crippen molar-refractivity contribution in [1.29, 1.82) is 0 Å². The highest BCUT2D eigenvalue weighted by Crippen LogP contribution is 2.33. The first-order valence-corrected chi connectivity index (χ1v) is 7.93. The molecule has 3 N–H and O–H groups in total. The van der Waals surface area contributed by atoms with Gasteiger partial charge in [0.15, 0.2) is 0 Å². The van der Waals surface area contributed by atoms with Gasteiger partial charge in [0.1, 0.15) is 0 Å². The highest BCUT2D eigenvalue weighted by Gasteiger charge is 2.33. The van der Waals surface area contributed by atoms with E-state index in [0.717, 1.165) is 24.5 Å². The fraction of sp³-hybridized carbons (Fsp3) is 0.750. The minimum absolute atomic E-state index is 0.0740. The third-order valence-electron chi connectivity index (χ3n) is 4.19. The van der Waals surface area contributed by atoms with E-state index >= 15 is 0 Å². The quantitative estimate of drug-likeness (QED) is 0.873. The molecule has 1 aromatic heterocycles. The number of rotatable bonds is 5. The number of hydrogen-bond acceptors (Lipinski definition) is 5. The van der Waals surface area contributed by atoms with Crippen molar-refractivity contribution in [2.45, 2.75) is 65.0 Å². The monoisotopic (exact) mass is 292 g/mol. The van der Waals surface area contributed by atoms with Crippen LogP contribution in [0.2, 0.25) is 0 Å². The van der Waals surface area contributed by atoms with Crippen molar-refractivity contribution >= 4 is 5.95 Å². The van der Waals surface area contributed by atoms with Gasteiger partial charge in [0.25, 0.3) is 0 Å². The number of anilines is 1. The minimum Gasteiger partial charge on any atom is -0.475 e. The predicted octanol–water partition coefficient (Wildman–Crippen LogP) is 2.89. The summed E-state index contributed by atoms with van der Waals surface area (Å²) in [5.74, 6) is 2.03. The summed E-state index contributed by atoms with van der Waals surface area (Å²) in [5, 5.41) is 3.49. The lowest BCUT2D eigenvalue weighted by molar-refractivity contribution is 0.231. The van der Waals surface area contributed by atoms with Gasteiger partial charge in [0.2, 0.25) is 11.8 Å². The SMILES string of the molecule is Cc1cc(OC(C)C)nc(NC2(CN)CCC(C)CC2)n1. The van der Waals surface area contributed by atoms with Crippen molar-refractivity contribution in [3.63, 3.8) is 0 Å². The van der Waals surface area contributed by atoms with Crippen LogP contribution in [0.25, 0.3) is 0 Å². The van der Waals surface area contributed by atoms with Crippen LogP contribution in [0.5, 0.6) is 5.88 Å². The molecule has 0 amide bonds. The lowest BCUT2D eigenvalue weighted by Gasteiger charge is -2.39. The first-order valence-electron chi connectivity index (χ1n) is 7.93. The Balaban J connectivity index is 2.15. The normalized spacial score (nSPS) is 25.9. The summed E-state index contributed by atoms with van der Waals surface area (Å²) >= 11 is 0. The number of aromatic nitrogens is 2. The number of nitrogens with zero attached hydrogens (tertiary/aromatic N) is 2. The molecule has 0 saturated heterocycles. The molecule has 5 heteroatoms. The third-order valence-corrected chi connectivity index (χ3v) is 4.19. The Morgan fingerprint density at radius 3 is 2.62 bits per heavy atom. The van der Waals surface area contributed by atoms with Crippen molar-refractivity contribution in [2.75, 3.05) is 11.9 Å². The zero-order valence-corrected chi connectivity index (χ0v) is 13.6. The molecular formula is C16H28N4O. The van der Waals surface area contributed by atoms with Gasteiger partial charge in [0, 0.05) is 18.3 Å². The second-order valence-corrected chi connectivity index (χ2v) is 6.63. The molecule has 1 fully saturated rings. The Hall–Kier alpha value is -1.36. The van der Waals surface area contributed by atoms with Crippen LogP contribution < -0.4 is 15.8 Å². The molecule has 1 aromatic rings. The molecule has 0 unspecified atom stereocenters. The second-order valence-electron chi connectivity index (χ2n) is 6.63. The Morgan fingerprint density at radius 2 is 2.05 bits per heavy atom. The van der Waals surface area contributed by atoms with Gasteiger partial charge in [0.05, 0.1) is 11.6 Å². The fourth-order valence-corrected chi connectivity index (χ4v) is 2.83. The molecule has 1 saturated carbocycles. The summed E-state index contributed by atoms with van der Waals surface area (Å²) in [4.78, 5) is 8.97. The largest absolute Gasteiger partial charge is 0.475 e. The first-order chi connectivity index (χ1) is 9.92. The Kier molecular flexibility index (Phi) is 5.04. The average molecular weight is 292 g/mol. The van der Waals surface area contributed by atoms with Crippen LogP contribution in [0.1, 0.15) is 52.1 Å². The summed E-state index contributed by atoms with van der Waals surface area (Å²) < 4.78 is 5.69.